The second-order valence-corrected chi connectivity index (χ2v) is 3.83. The van der Waals surface area contributed by atoms with Gasteiger partial charge in [0.05, 0.1) is 0 Å². The molecule has 78 valence electrons. The molecule has 0 amide bonds. The number of rotatable bonds is 3. The monoisotopic (exact) mass is 242 g/mol. The standard InChI is InChI=1S/C10H8Cl2N2O/c11-8-4-1-7(2-5-8)3-6-9-13-14-10(12)15-9/h1-2,4-5H,3,6H2. The van der Waals surface area contributed by atoms with E-state index in [1.165, 1.54) is 5.56 Å². The Morgan fingerprint density at radius 2 is 1.73 bits per heavy atom. The zero-order valence-corrected chi connectivity index (χ0v) is 9.29. The van der Waals surface area contributed by atoms with Crippen LogP contribution in [0.1, 0.15) is 11.5 Å². The Morgan fingerprint density at radius 3 is 2.33 bits per heavy atom. The molecule has 1 aromatic heterocycles. The van der Waals surface area contributed by atoms with Crippen molar-refractivity contribution in [1.82, 2.24) is 10.2 Å². The molecule has 0 radical (unpaired) electrons. The van der Waals surface area contributed by atoms with Crippen LogP contribution in [0.4, 0.5) is 0 Å². The first-order valence-corrected chi connectivity index (χ1v) is 5.22. The first-order chi connectivity index (χ1) is 7.24. The van der Waals surface area contributed by atoms with Gasteiger partial charge in [0.25, 0.3) is 0 Å². The Balaban J connectivity index is 1.96. The lowest BCUT2D eigenvalue weighted by molar-refractivity contribution is 0.494. The first kappa shape index (κ1) is 10.5. The SMILES string of the molecule is Clc1ccc(CCc2nnc(Cl)o2)cc1. The lowest BCUT2D eigenvalue weighted by atomic mass is 10.1. The van der Waals surface area contributed by atoms with Crippen LogP contribution in [0.3, 0.4) is 0 Å². The van der Waals surface area contributed by atoms with Crippen LogP contribution in [0.2, 0.25) is 10.4 Å². The van der Waals surface area contributed by atoms with Crippen molar-refractivity contribution in [2.24, 2.45) is 0 Å². The molecular formula is C10H8Cl2N2O. The quantitative estimate of drug-likeness (QED) is 0.831. The summed E-state index contributed by atoms with van der Waals surface area (Å²) in [5.74, 6) is 0.551. The van der Waals surface area contributed by atoms with Crippen molar-refractivity contribution >= 4 is 23.2 Å². The average Bonchev–Trinajstić information content (AvgIpc) is 2.64. The third kappa shape index (κ3) is 2.94. The van der Waals surface area contributed by atoms with Crippen molar-refractivity contribution < 1.29 is 4.42 Å². The predicted molar refractivity (Wildman–Crippen MR) is 58.2 cm³/mol. The highest BCUT2D eigenvalue weighted by Crippen LogP contribution is 2.12. The van der Waals surface area contributed by atoms with E-state index in [2.05, 4.69) is 10.2 Å². The zero-order chi connectivity index (χ0) is 10.7. The van der Waals surface area contributed by atoms with Gasteiger partial charge >= 0.3 is 5.35 Å². The number of aromatic nitrogens is 2. The van der Waals surface area contributed by atoms with Crippen molar-refractivity contribution in [3.63, 3.8) is 0 Å². The summed E-state index contributed by atoms with van der Waals surface area (Å²) in [6.45, 7) is 0. The van der Waals surface area contributed by atoms with E-state index < -0.39 is 0 Å². The summed E-state index contributed by atoms with van der Waals surface area (Å²) >= 11 is 11.3. The van der Waals surface area contributed by atoms with Gasteiger partial charge in [-0.05, 0) is 35.7 Å². The summed E-state index contributed by atoms with van der Waals surface area (Å²) in [5, 5.41) is 8.16. The molecule has 0 fully saturated rings. The van der Waals surface area contributed by atoms with Gasteiger partial charge in [-0.25, -0.2) is 0 Å². The molecule has 0 bridgehead atoms. The maximum atomic E-state index is 5.77. The van der Waals surface area contributed by atoms with Crippen molar-refractivity contribution in [2.45, 2.75) is 12.8 Å². The molecule has 0 spiro atoms. The molecule has 1 heterocycles. The van der Waals surface area contributed by atoms with E-state index in [-0.39, 0.29) is 5.35 Å². The highest BCUT2D eigenvalue weighted by Gasteiger charge is 2.03. The minimum atomic E-state index is 0.0844. The molecule has 0 saturated carbocycles. The summed E-state index contributed by atoms with van der Waals surface area (Å²) in [4.78, 5) is 0. The van der Waals surface area contributed by atoms with Gasteiger partial charge in [0.1, 0.15) is 0 Å². The van der Waals surface area contributed by atoms with Gasteiger partial charge in [-0.1, -0.05) is 28.8 Å². The average molecular weight is 243 g/mol. The second kappa shape index (κ2) is 4.64. The summed E-state index contributed by atoms with van der Waals surface area (Å²) in [5.41, 5.74) is 1.17. The van der Waals surface area contributed by atoms with E-state index in [1.54, 1.807) is 0 Å². The van der Waals surface area contributed by atoms with Crippen LogP contribution in [0.25, 0.3) is 0 Å². The summed E-state index contributed by atoms with van der Waals surface area (Å²) in [6.07, 6.45) is 1.51. The van der Waals surface area contributed by atoms with Gasteiger partial charge in [-0.2, -0.15) is 0 Å². The van der Waals surface area contributed by atoms with E-state index in [0.29, 0.717) is 12.3 Å². The van der Waals surface area contributed by atoms with Crippen LogP contribution in [-0.4, -0.2) is 10.2 Å². The lowest BCUT2D eigenvalue weighted by Gasteiger charge is -1.97. The normalized spacial score (nSPS) is 10.5. The van der Waals surface area contributed by atoms with Crippen LogP contribution in [0.5, 0.6) is 0 Å². The molecule has 5 heteroatoms. The van der Waals surface area contributed by atoms with Crippen molar-refractivity contribution in [1.29, 1.82) is 0 Å². The first-order valence-electron chi connectivity index (χ1n) is 4.46. The third-order valence-electron chi connectivity index (χ3n) is 1.98. The minimum Gasteiger partial charge on any atom is -0.412 e. The molecule has 15 heavy (non-hydrogen) atoms. The van der Waals surface area contributed by atoms with E-state index in [9.17, 15) is 0 Å². The number of hydrogen-bond acceptors (Lipinski definition) is 3. The van der Waals surface area contributed by atoms with Gasteiger partial charge in [-0.3, -0.25) is 0 Å². The highest BCUT2D eigenvalue weighted by atomic mass is 35.5. The second-order valence-electron chi connectivity index (χ2n) is 3.08. The number of aryl methyl sites for hydroxylation is 2. The Bertz CT molecular complexity index is 439. The largest absolute Gasteiger partial charge is 0.412 e. The maximum Gasteiger partial charge on any atom is 0.312 e. The molecule has 1 aromatic carbocycles. The molecule has 0 N–H and O–H groups in total. The predicted octanol–water partition coefficient (Wildman–Crippen LogP) is 3.16. The van der Waals surface area contributed by atoms with Gasteiger partial charge in [0.2, 0.25) is 5.89 Å². The molecule has 0 aliphatic heterocycles. The van der Waals surface area contributed by atoms with E-state index >= 15 is 0 Å². The Morgan fingerprint density at radius 1 is 1.00 bits per heavy atom. The number of halogens is 2. The van der Waals surface area contributed by atoms with Gasteiger partial charge in [0, 0.05) is 11.4 Å². The molecule has 0 aliphatic rings. The van der Waals surface area contributed by atoms with E-state index in [1.807, 2.05) is 24.3 Å². The van der Waals surface area contributed by atoms with E-state index in [0.717, 1.165) is 11.4 Å². The van der Waals surface area contributed by atoms with Crippen molar-refractivity contribution in [2.75, 3.05) is 0 Å². The summed E-state index contributed by atoms with van der Waals surface area (Å²) in [7, 11) is 0. The van der Waals surface area contributed by atoms with Crippen LogP contribution < -0.4 is 0 Å². The molecule has 2 rings (SSSR count). The van der Waals surface area contributed by atoms with Gasteiger partial charge in [0.15, 0.2) is 0 Å². The van der Waals surface area contributed by atoms with Crippen molar-refractivity contribution in [3.8, 4) is 0 Å². The van der Waals surface area contributed by atoms with Crippen LogP contribution in [0, 0.1) is 0 Å². The molecule has 0 aliphatic carbocycles. The van der Waals surface area contributed by atoms with E-state index in [4.69, 9.17) is 27.6 Å². The van der Waals surface area contributed by atoms with Crippen LogP contribution in [-0.2, 0) is 12.8 Å². The number of benzene rings is 1. The molecular weight excluding hydrogens is 235 g/mol. The fraction of sp³-hybridized carbons (Fsp3) is 0.200. The van der Waals surface area contributed by atoms with Crippen molar-refractivity contribution in [3.05, 3.63) is 46.1 Å². The highest BCUT2D eigenvalue weighted by molar-refractivity contribution is 6.30. The zero-order valence-electron chi connectivity index (χ0n) is 7.78. The fourth-order valence-corrected chi connectivity index (χ4v) is 1.49. The fourth-order valence-electron chi connectivity index (χ4n) is 1.24. The number of hydrogen-bond donors (Lipinski definition) is 0. The molecule has 0 unspecified atom stereocenters. The molecule has 2 aromatic rings. The smallest absolute Gasteiger partial charge is 0.312 e. The topological polar surface area (TPSA) is 38.9 Å². The van der Waals surface area contributed by atoms with Gasteiger partial charge in [-0.15, -0.1) is 5.10 Å². The van der Waals surface area contributed by atoms with Crippen LogP contribution >= 0.6 is 23.2 Å². The lowest BCUT2D eigenvalue weighted by Crippen LogP contribution is -1.91. The Hall–Kier alpha value is -1.06. The maximum absolute atomic E-state index is 5.77. The Kier molecular flexibility index (Phi) is 3.23. The summed E-state index contributed by atoms with van der Waals surface area (Å²) in [6, 6.07) is 7.66. The number of nitrogens with zero attached hydrogens (tertiary/aromatic N) is 2. The summed E-state index contributed by atoms with van der Waals surface area (Å²) < 4.78 is 5.05. The molecule has 0 saturated heterocycles. The molecule has 3 nitrogen and oxygen atoms in total. The Labute approximate surface area is 97.0 Å². The molecule has 0 atom stereocenters. The van der Waals surface area contributed by atoms with Crippen LogP contribution in [0.15, 0.2) is 28.7 Å². The third-order valence-corrected chi connectivity index (χ3v) is 2.39. The van der Waals surface area contributed by atoms with Gasteiger partial charge < -0.3 is 4.42 Å². The minimum absolute atomic E-state index is 0.0844.